The highest BCUT2D eigenvalue weighted by molar-refractivity contribution is 5.67. The molecule has 4 nitrogen and oxygen atoms in total. The normalized spacial score (nSPS) is 22.8. The molecule has 0 saturated carbocycles. The van der Waals surface area contributed by atoms with Gasteiger partial charge < -0.3 is 15.2 Å². The van der Waals surface area contributed by atoms with Crippen molar-refractivity contribution >= 4 is 5.97 Å². The number of piperidine rings is 1. The highest BCUT2D eigenvalue weighted by Gasteiger charge is 2.31. The maximum Gasteiger partial charge on any atom is 0.573 e. The molecule has 7 heteroatoms. The fraction of sp³-hybridized carbons (Fsp3) is 0.500. The van der Waals surface area contributed by atoms with E-state index in [9.17, 15) is 18.0 Å². The summed E-state index contributed by atoms with van der Waals surface area (Å²) < 4.78 is 40.1. The second-order valence-corrected chi connectivity index (χ2v) is 5.17. The van der Waals surface area contributed by atoms with Gasteiger partial charge in [-0.3, -0.25) is 4.79 Å². The molecular formula is C14H16F3NO3. The smallest absolute Gasteiger partial charge is 0.481 e. The van der Waals surface area contributed by atoms with Gasteiger partial charge >= 0.3 is 12.3 Å². The van der Waals surface area contributed by atoms with Crippen LogP contribution in [0.15, 0.2) is 24.3 Å². The van der Waals surface area contributed by atoms with Gasteiger partial charge in [-0.2, -0.15) is 0 Å². The molecule has 2 unspecified atom stereocenters. The van der Waals surface area contributed by atoms with E-state index in [1.807, 2.05) is 0 Å². The van der Waals surface area contributed by atoms with Crippen molar-refractivity contribution in [1.29, 1.82) is 0 Å². The lowest BCUT2D eigenvalue weighted by atomic mass is 9.84. The third-order valence-electron chi connectivity index (χ3n) is 3.49. The Morgan fingerprint density at radius 2 is 1.95 bits per heavy atom. The summed E-state index contributed by atoms with van der Waals surface area (Å²) in [7, 11) is 0. The summed E-state index contributed by atoms with van der Waals surface area (Å²) in [6.45, 7) is 1.34. The number of rotatable bonds is 4. The molecule has 1 fully saturated rings. The molecule has 0 amide bonds. The van der Waals surface area contributed by atoms with Gasteiger partial charge in [0.2, 0.25) is 0 Å². The molecule has 0 spiro atoms. The zero-order valence-electron chi connectivity index (χ0n) is 11.2. The molecule has 1 aliphatic heterocycles. The van der Waals surface area contributed by atoms with Crippen LogP contribution >= 0.6 is 0 Å². The SMILES string of the molecule is O=C(O)CC1CNCC(c2ccc(OC(F)(F)F)cc2)C1. The first-order chi connectivity index (χ1) is 9.83. The van der Waals surface area contributed by atoms with Crippen molar-refractivity contribution < 1.29 is 27.8 Å². The molecular weight excluding hydrogens is 287 g/mol. The van der Waals surface area contributed by atoms with Crippen molar-refractivity contribution in [3.8, 4) is 5.75 Å². The molecule has 2 atom stereocenters. The Morgan fingerprint density at radius 3 is 2.52 bits per heavy atom. The van der Waals surface area contributed by atoms with Crippen LogP contribution in [0.5, 0.6) is 5.75 Å². The van der Waals surface area contributed by atoms with Crippen molar-refractivity contribution in [3.05, 3.63) is 29.8 Å². The average Bonchev–Trinajstić information content (AvgIpc) is 2.37. The topological polar surface area (TPSA) is 58.6 Å². The zero-order valence-corrected chi connectivity index (χ0v) is 11.2. The third-order valence-corrected chi connectivity index (χ3v) is 3.49. The number of carboxylic acids is 1. The van der Waals surface area contributed by atoms with Crippen LogP contribution in [0.2, 0.25) is 0 Å². The molecule has 0 aliphatic carbocycles. The fourth-order valence-corrected chi connectivity index (χ4v) is 2.63. The molecule has 1 aromatic carbocycles. The number of hydrogen-bond donors (Lipinski definition) is 2. The molecule has 0 radical (unpaired) electrons. The number of hydrogen-bond acceptors (Lipinski definition) is 3. The molecule has 2 rings (SSSR count). The molecule has 0 aromatic heterocycles. The molecule has 21 heavy (non-hydrogen) atoms. The van der Waals surface area contributed by atoms with Gasteiger partial charge in [-0.25, -0.2) is 0 Å². The summed E-state index contributed by atoms with van der Waals surface area (Å²) in [5.74, 6) is -0.955. The Balaban J connectivity index is 1.99. The van der Waals surface area contributed by atoms with Crippen LogP contribution in [0, 0.1) is 5.92 Å². The van der Waals surface area contributed by atoms with Gasteiger partial charge in [0.1, 0.15) is 5.75 Å². The summed E-state index contributed by atoms with van der Waals surface area (Å²) in [6.07, 6.45) is -3.89. The Kier molecular flexibility index (Phi) is 4.72. The number of nitrogens with one attached hydrogen (secondary N) is 1. The van der Waals surface area contributed by atoms with Gasteiger partial charge in [0.05, 0.1) is 0 Å². The Bertz CT molecular complexity index is 487. The summed E-state index contributed by atoms with van der Waals surface area (Å²) in [5.41, 5.74) is 0.882. The van der Waals surface area contributed by atoms with E-state index in [0.717, 1.165) is 5.56 Å². The van der Waals surface area contributed by atoms with E-state index in [2.05, 4.69) is 10.1 Å². The number of benzene rings is 1. The standard InChI is InChI=1S/C14H16F3NO3/c15-14(16,17)21-12-3-1-10(2-4-12)11-5-9(6-13(19)20)7-18-8-11/h1-4,9,11,18H,5-8H2,(H,19,20). The summed E-state index contributed by atoms with van der Waals surface area (Å²) >= 11 is 0. The Labute approximate surface area is 119 Å². The van der Waals surface area contributed by atoms with Crippen LogP contribution in [0.3, 0.4) is 0 Å². The number of halogens is 3. The van der Waals surface area contributed by atoms with Crippen LogP contribution in [0.4, 0.5) is 13.2 Å². The van der Waals surface area contributed by atoms with E-state index < -0.39 is 12.3 Å². The fourth-order valence-electron chi connectivity index (χ4n) is 2.63. The number of carbonyl (C=O) groups is 1. The highest BCUT2D eigenvalue weighted by atomic mass is 19.4. The van der Waals surface area contributed by atoms with Gasteiger partial charge in [0, 0.05) is 13.0 Å². The van der Waals surface area contributed by atoms with Crippen LogP contribution in [-0.4, -0.2) is 30.5 Å². The van der Waals surface area contributed by atoms with Gasteiger partial charge in [0.25, 0.3) is 0 Å². The van der Waals surface area contributed by atoms with E-state index in [0.29, 0.717) is 19.5 Å². The number of alkyl halides is 3. The van der Waals surface area contributed by atoms with Gasteiger partial charge in [-0.05, 0) is 42.5 Å². The first kappa shape index (κ1) is 15.6. The average molecular weight is 303 g/mol. The minimum absolute atomic E-state index is 0.0346. The first-order valence-electron chi connectivity index (χ1n) is 6.61. The Morgan fingerprint density at radius 1 is 1.29 bits per heavy atom. The van der Waals surface area contributed by atoms with Gasteiger partial charge in [-0.1, -0.05) is 12.1 Å². The number of carboxylic acid groups (broad SMARTS) is 1. The molecule has 2 N–H and O–H groups in total. The second kappa shape index (κ2) is 6.34. The third kappa shape index (κ3) is 4.93. The minimum atomic E-state index is -4.69. The summed E-state index contributed by atoms with van der Waals surface area (Å²) in [5, 5.41) is 12.0. The van der Waals surface area contributed by atoms with Crippen molar-refractivity contribution in [1.82, 2.24) is 5.32 Å². The lowest BCUT2D eigenvalue weighted by Crippen LogP contribution is -2.36. The zero-order chi connectivity index (χ0) is 15.5. The van der Waals surface area contributed by atoms with Gasteiger partial charge in [-0.15, -0.1) is 13.2 Å². The second-order valence-electron chi connectivity index (χ2n) is 5.17. The molecule has 1 heterocycles. The molecule has 0 bridgehead atoms. The summed E-state index contributed by atoms with van der Waals surface area (Å²) in [4.78, 5) is 10.7. The van der Waals surface area contributed by atoms with Gasteiger partial charge in [0.15, 0.2) is 0 Å². The quantitative estimate of drug-likeness (QED) is 0.898. The molecule has 1 saturated heterocycles. The van der Waals surface area contributed by atoms with Crippen LogP contribution < -0.4 is 10.1 Å². The lowest BCUT2D eigenvalue weighted by molar-refractivity contribution is -0.274. The number of aliphatic carboxylic acids is 1. The van der Waals surface area contributed by atoms with E-state index in [-0.39, 0.29) is 24.0 Å². The maximum absolute atomic E-state index is 12.1. The predicted octanol–water partition coefficient (Wildman–Crippen LogP) is 2.75. The minimum Gasteiger partial charge on any atom is -0.481 e. The summed E-state index contributed by atoms with van der Waals surface area (Å²) in [6, 6.07) is 5.75. The molecule has 1 aliphatic rings. The van der Waals surface area contributed by atoms with Crippen molar-refractivity contribution in [2.24, 2.45) is 5.92 Å². The maximum atomic E-state index is 12.1. The predicted molar refractivity (Wildman–Crippen MR) is 69.1 cm³/mol. The largest absolute Gasteiger partial charge is 0.573 e. The van der Waals surface area contributed by atoms with Crippen LogP contribution in [-0.2, 0) is 4.79 Å². The van der Waals surface area contributed by atoms with Crippen molar-refractivity contribution in [2.75, 3.05) is 13.1 Å². The van der Waals surface area contributed by atoms with E-state index in [4.69, 9.17) is 5.11 Å². The molecule has 116 valence electrons. The first-order valence-corrected chi connectivity index (χ1v) is 6.61. The molecule has 1 aromatic rings. The Hall–Kier alpha value is -1.76. The van der Waals surface area contributed by atoms with Crippen molar-refractivity contribution in [2.45, 2.75) is 25.1 Å². The van der Waals surface area contributed by atoms with Crippen LogP contribution in [0.25, 0.3) is 0 Å². The highest BCUT2D eigenvalue weighted by Crippen LogP contribution is 2.30. The monoisotopic (exact) mass is 303 g/mol. The van der Waals surface area contributed by atoms with Crippen molar-refractivity contribution in [3.63, 3.8) is 0 Å². The number of ether oxygens (including phenoxy) is 1. The van der Waals surface area contributed by atoms with E-state index >= 15 is 0 Å². The lowest BCUT2D eigenvalue weighted by Gasteiger charge is -2.29. The van der Waals surface area contributed by atoms with E-state index in [1.54, 1.807) is 12.1 Å². The van der Waals surface area contributed by atoms with E-state index in [1.165, 1.54) is 12.1 Å². The van der Waals surface area contributed by atoms with Crippen LogP contribution in [0.1, 0.15) is 24.3 Å².